The Labute approximate surface area is 117 Å². The topological polar surface area (TPSA) is 79.5 Å². The predicted molar refractivity (Wildman–Crippen MR) is 74.4 cm³/mol. The lowest BCUT2D eigenvalue weighted by atomic mass is 10.1. The van der Waals surface area contributed by atoms with Crippen LogP contribution < -0.4 is 5.56 Å². The van der Waals surface area contributed by atoms with Gasteiger partial charge in [-0.3, -0.25) is 14.4 Å². The molecule has 0 saturated carbocycles. The zero-order valence-corrected chi connectivity index (χ0v) is 12.0. The summed E-state index contributed by atoms with van der Waals surface area (Å²) in [6, 6.07) is 2.81. The first kappa shape index (κ1) is 15.9. The SMILES string of the molecule is COC(=O)CCN(CC(C)C)C(=O)c1cc[nH]c(=O)c1. The van der Waals surface area contributed by atoms with Crippen LogP contribution in [0.4, 0.5) is 0 Å². The highest BCUT2D eigenvalue weighted by molar-refractivity contribution is 5.94. The molecule has 6 heteroatoms. The highest BCUT2D eigenvalue weighted by Gasteiger charge is 2.18. The van der Waals surface area contributed by atoms with Crippen LogP contribution in [0.15, 0.2) is 23.1 Å². The molecule has 0 radical (unpaired) electrons. The Bertz CT molecular complexity index is 522. The molecule has 1 aromatic heterocycles. The number of rotatable bonds is 6. The molecule has 0 unspecified atom stereocenters. The van der Waals surface area contributed by atoms with E-state index in [2.05, 4.69) is 9.72 Å². The molecule has 0 atom stereocenters. The van der Waals surface area contributed by atoms with E-state index in [0.29, 0.717) is 12.1 Å². The van der Waals surface area contributed by atoms with Gasteiger partial charge in [-0.15, -0.1) is 0 Å². The van der Waals surface area contributed by atoms with Crippen molar-refractivity contribution in [3.8, 4) is 0 Å². The minimum atomic E-state index is -0.363. The molecule has 0 aliphatic carbocycles. The summed E-state index contributed by atoms with van der Waals surface area (Å²) in [5, 5.41) is 0. The maximum absolute atomic E-state index is 12.4. The minimum absolute atomic E-state index is 0.137. The van der Waals surface area contributed by atoms with Gasteiger partial charge in [-0.2, -0.15) is 0 Å². The average molecular weight is 280 g/mol. The van der Waals surface area contributed by atoms with E-state index in [4.69, 9.17) is 0 Å². The maximum atomic E-state index is 12.4. The molecule has 1 N–H and O–H groups in total. The molecule has 0 aromatic carbocycles. The number of carbonyl (C=O) groups is 2. The van der Waals surface area contributed by atoms with Crippen LogP contribution in [0.25, 0.3) is 0 Å². The molecule has 6 nitrogen and oxygen atoms in total. The zero-order valence-electron chi connectivity index (χ0n) is 12.0. The third kappa shape index (κ3) is 4.87. The van der Waals surface area contributed by atoms with Crippen molar-refractivity contribution >= 4 is 11.9 Å². The summed E-state index contributed by atoms with van der Waals surface area (Å²) in [6.07, 6.45) is 1.57. The maximum Gasteiger partial charge on any atom is 0.307 e. The van der Waals surface area contributed by atoms with Gasteiger partial charge in [0.1, 0.15) is 0 Å². The molecule has 0 bridgehead atoms. The first-order valence-corrected chi connectivity index (χ1v) is 6.49. The van der Waals surface area contributed by atoms with Gasteiger partial charge in [0.2, 0.25) is 5.56 Å². The van der Waals surface area contributed by atoms with E-state index in [-0.39, 0.29) is 36.3 Å². The van der Waals surface area contributed by atoms with Crippen molar-refractivity contribution in [1.82, 2.24) is 9.88 Å². The standard InChI is InChI=1S/C14H20N2O4/c1-10(2)9-16(7-5-13(18)20-3)14(19)11-4-6-15-12(17)8-11/h4,6,8,10H,5,7,9H2,1-3H3,(H,15,17). The number of carbonyl (C=O) groups excluding carboxylic acids is 2. The average Bonchev–Trinajstić information content (AvgIpc) is 2.41. The number of hydrogen-bond donors (Lipinski definition) is 1. The van der Waals surface area contributed by atoms with Crippen LogP contribution in [0, 0.1) is 5.92 Å². The fraction of sp³-hybridized carbons (Fsp3) is 0.500. The lowest BCUT2D eigenvalue weighted by molar-refractivity contribution is -0.140. The van der Waals surface area contributed by atoms with Crippen molar-refractivity contribution in [2.45, 2.75) is 20.3 Å². The van der Waals surface area contributed by atoms with E-state index in [1.54, 1.807) is 11.0 Å². The Morgan fingerprint density at radius 3 is 2.65 bits per heavy atom. The summed E-state index contributed by atoms with van der Waals surface area (Å²) < 4.78 is 4.58. The van der Waals surface area contributed by atoms with Crippen LogP contribution in [0.5, 0.6) is 0 Å². The second-order valence-electron chi connectivity index (χ2n) is 4.91. The van der Waals surface area contributed by atoms with Crippen molar-refractivity contribution in [2.75, 3.05) is 20.2 Å². The molecule has 0 aliphatic rings. The summed E-state index contributed by atoms with van der Waals surface area (Å²) in [5.41, 5.74) is -0.00687. The molecule has 1 heterocycles. The largest absolute Gasteiger partial charge is 0.469 e. The van der Waals surface area contributed by atoms with E-state index in [1.165, 1.54) is 19.4 Å². The zero-order chi connectivity index (χ0) is 15.1. The van der Waals surface area contributed by atoms with Gasteiger partial charge in [0.25, 0.3) is 5.91 Å². The monoisotopic (exact) mass is 280 g/mol. The molecule has 1 rings (SSSR count). The summed E-state index contributed by atoms with van der Waals surface area (Å²) >= 11 is 0. The van der Waals surface area contributed by atoms with Crippen molar-refractivity contribution in [3.63, 3.8) is 0 Å². The molecule has 20 heavy (non-hydrogen) atoms. The first-order chi connectivity index (χ1) is 9.43. The van der Waals surface area contributed by atoms with Gasteiger partial charge in [0.05, 0.1) is 13.5 Å². The molecular formula is C14H20N2O4. The number of ether oxygens (including phenoxy) is 1. The van der Waals surface area contributed by atoms with Crippen LogP contribution in [0.1, 0.15) is 30.6 Å². The van der Waals surface area contributed by atoms with Crippen molar-refractivity contribution in [1.29, 1.82) is 0 Å². The van der Waals surface area contributed by atoms with Gasteiger partial charge in [-0.1, -0.05) is 13.8 Å². The molecule has 0 aliphatic heterocycles. The number of nitrogens with zero attached hydrogens (tertiary/aromatic N) is 1. The number of amides is 1. The third-order valence-electron chi connectivity index (χ3n) is 2.71. The number of aromatic amines is 1. The van der Waals surface area contributed by atoms with Gasteiger partial charge >= 0.3 is 5.97 Å². The molecule has 0 saturated heterocycles. The number of aromatic nitrogens is 1. The normalized spacial score (nSPS) is 10.4. The Kier molecular flexibility index (Phi) is 5.96. The molecule has 1 amide bonds. The Morgan fingerprint density at radius 2 is 2.10 bits per heavy atom. The molecule has 0 fully saturated rings. The van der Waals surface area contributed by atoms with Crippen LogP contribution >= 0.6 is 0 Å². The number of H-pyrrole nitrogens is 1. The predicted octanol–water partition coefficient (Wildman–Crippen LogP) is 1.04. The van der Waals surface area contributed by atoms with E-state index >= 15 is 0 Å². The Balaban J connectivity index is 2.83. The van der Waals surface area contributed by atoms with E-state index in [9.17, 15) is 14.4 Å². The Morgan fingerprint density at radius 1 is 1.40 bits per heavy atom. The first-order valence-electron chi connectivity index (χ1n) is 6.49. The molecule has 0 spiro atoms. The number of esters is 1. The van der Waals surface area contributed by atoms with Crippen molar-refractivity contribution < 1.29 is 14.3 Å². The van der Waals surface area contributed by atoms with E-state index < -0.39 is 0 Å². The number of methoxy groups -OCH3 is 1. The van der Waals surface area contributed by atoms with E-state index in [0.717, 1.165) is 0 Å². The summed E-state index contributed by atoms with van der Waals surface area (Å²) in [6.45, 7) is 4.76. The molecule has 110 valence electrons. The summed E-state index contributed by atoms with van der Waals surface area (Å²) in [5.74, 6) is -0.357. The van der Waals surface area contributed by atoms with Gasteiger partial charge in [-0.25, -0.2) is 0 Å². The van der Waals surface area contributed by atoms with Gasteiger partial charge < -0.3 is 14.6 Å². The van der Waals surface area contributed by atoms with Crippen LogP contribution in [0.3, 0.4) is 0 Å². The number of nitrogens with one attached hydrogen (secondary N) is 1. The van der Waals surface area contributed by atoms with Crippen molar-refractivity contribution in [3.05, 3.63) is 34.2 Å². The third-order valence-corrected chi connectivity index (χ3v) is 2.71. The van der Waals surface area contributed by atoms with Crippen LogP contribution in [0.2, 0.25) is 0 Å². The lowest BCUT2D eigenvalue weighted by Gasteiger charge is -2.24. The minimum Gasteiger partial charge on any atom is -0.469 e. The molecular weight excluding hydrogens is 260 g/mol. The van der Waals surface area contributed by atoms with Crippen LogP contribution in [-0.2, 0) is 9.53 Å². The smallest absolute Gasteiger partial charge is 0.307 e. The summed E-state index contributed by atoms with van der Waals surface area (Å²) in [7, 11) is 1.31. The van der Waals surface area contributed by atoms with Gasteiger partial charge in [-0.05, 0) is 12.0 Å². The lowest BCUT2D eigenvalue weighted by Crippen LogP contribution is -2.36. The number of hydrogen-bond acceptors (Lipinski definition) is 4. The highest BCUT2D eigenvalue weighted by Crippen LogP contribution is 2.07. The fourth-order valence-corrected chi connectivity index (χ4v) is 1.81. The summed E-state index contributed by atoms with van der Waals surface area (Å²) in [4.78, 5) is 38.8. The van der Waals surface area contributed by atoms with Gasteiger partial charge in [0, 0.05) is 30.9 Å². The van der Waals surface area contributed by atoms with Crippen molar-refractivity contribution in [2.24, 2.45) is 5.92 Å². The van der Waals surface area contributed by atoms with E-state index in [1.807, 2.05) is 13.8 Å². The fourth-order valence-electron chi connectivity index (χ4n) is 1.81. The highest BCUT2D eigenvalue weighted by atomic mass is 16.5. The number of pyridine rings is 1. The van der Waals surface area contributed by atoms with Crippen LogP contribution in [-0.4, -0.2) is 42.0 Å². The van der Waals surface area contributed by atoms with Gasteiger partial charge in [0.15, 0.2) is 0 Å². The Hall–Kier alpha value is -2.11. The quantitative estimate of drug-likeness (QED) is 0.789. The second kappa shape index (κ2) is 7.47. The second-order valence-corrected chi connectivity index (χ2v) is 4.91. The molecule has 1 aromatic rings.